The molecule has 0 radical (unpaired) electrons. The second-order valence-electron chi connectivity index (χ2n) is 9.01. The number of benzene rings is 4. The molecule has 2 heterocycles. The number of aryl methyl sites for hydroxylation is 1. The van der Waals surface area contributed by atoms with Gasteiger partial charge in [0.1, 0.15) is 18.1 Å². The number of nitrogens with zero attached hydrogens (tertiary/aromatic N) is 2. The SMILES string of the molecule is Cc1ccc(C2=NN3[C@H](C2)c2cc(Br)ccc2O[C@H]3c2ccc(OCc3ccccc3)cc2)cc1. The van der Waals surface area contributed by atoms with Crippen molar-refractivity contribution in [3.05, 3.63) is 129 Å². The van der Waals surface area contributed by atoms with E-state index >= 15 is 0 Å². The molecule has 0 unspecified atom stereocenters. The zero-order valence-corrected chi connectivity index (χ0v) is 21.0. The van der Waals surface area contributed by atoms with Crippen LogP contribution in [0.2, 0.25) is 0 Å². The van der Waals surface area contributed by atoms with Gasteiger partial charge in [-0.15, -0.1) is 0 Å². The summed E-state index contributed by atoms with van der Waals surface area (Å²) in [6, 6.07) is 33.3. The molecule has 0 bridgehead atoms. The summed E-state index contributed by atoms with van der Waals surface area (Å²) in [6.45, 7) is 2.65. The first-order valence-corrected chi connectivity index (χ1v) is 12.6. The highest BCUT2D eigenvalue weighted by Crippen LogP contribution is 2.48. The molecule has 4 aromatic rings. The molecular weight excluding hydrogens is 500 g/mol. The van der Waals surface area contributed by atoms with E-state index in [1.165, 1.54) is 5.56 Å². The molecule has 6 rings (SSSR count). The van der Waals surface area contributed by atoms with Crippen molar-refractivity contribution in [3.8, 4) is 11.5 Å². The van der Waals surface area contributed by atoms with Crippen molar-refractivity contribution in [2.75, 3.05) is 0 Å². The van der Waals surface area contributed by atoms with Gasteiger partial charge >= 0.3 is 0 Å². The van der Waals surface area contributed by atoms with Crippen molar-refractivity contribution in [1.82, 2.24) is 5.01 Å². The molecule has 0 spiro atoms. The van der Waals surface area contributed by atoms with Crippen molar-refractivity contribution in [3.63, 3.8) is 0 Å². The fourth-order valence-corrected chi connectivity index (χ4v) is 5.05. The summed E-state index contributed by atoms with van der Waals surface area (Å²) in [5.74, 6) is 1.74. The van der Waals surface area contributed by atoms with Crippen molar-refractivity contribution < 1.29 is 9.47 Å². The Kier molecular flexibility index (Phi) is 5.78. The maximum Gasteiger partial charge on any atom is 0.213 e. The first-order chi connectivity index (χ1) is 17.1. The smallest absolute Gasteiger partial charge is 0.213 e. The fraction of sp³-hybridized carbons (Fsp3) is 0.167. The lowest BCUT2D eigenvalue weighted by Gasteiger charge is -2.38. The fourth-order valence-electron chi connectivity index (χ4n) is 4.67. The maximum atomic E-state index is 6.52. The van der Waals surface area contributed by atoms with Gasteiger partial charge in [-0.2, -0.15) is 5.10 Å². The average Bonchev–Trinajstić information content (AvgIpc) is 3.34. The number of hydrogen-bond acceptors (Lipinski definition) is 4. The van der Waals surface area contributed by atoms with E-state index in [-0.39, 0.29) is 12.3 Å². The summed E-state index contributed by atoms with van der Waals surface area (Å²) in [4.78, 5) is 0. The minimum absolute atomic E-state index is 0.117. The summed E-state index contributed by atoms with van der Waals surface area (Å²) in [5, 5.41) is 7.19. The monoisotopic (exact) mass is 524 g/mol. The highest BCUT2D eigenvalue weighted by molar-refractivity contribution is 9.10. The molecule has 35 heavy (non-hydrogen) atoms. The largest absolute Gasteiger partial charge is 0.489 e. The molecule has 174 valence electrons. The molecule has 0 aliphatic carbocycles. The Bertz CT molecular complexity index is 1370. The summed E-state index contributed by atoms with van der Waals surface area (Å²) < 4.78 is 13.5. The Hall–Kier alpha value is -3.57. The molecule has 0 amide bonds. The van der Waals surface area contributed by atoms with Crippen LogP contribution in [0.25, 0.3) is 0 Å². The van der Waals surface area contributed by atoms with Crippen LogP contribution in [0, 0.1) is 6.92 Å². The number of fused-ring (bicyclic) bond motifs is 3. The van der Waals surface area contributed by atoms with Crippen LogP contribution < -0.4 is 9.47 Å². The van der Waals surface area contributed by atoms with E-state index in [1.807, 2.05) is 42.5 Å². The van der Waals surface area contributed by atoms with Gasteiger partial charge in [0.05, 0.1) is 11.8 Å². The van der Waals surface area contributed by atoms with Crippen LogP contribution in [0.3, 0.4) is 0 Å². The molecule has 0 saturated heterocycles. The minimum Gasteiger partial charge on any atom is -0.489 e. The van der Waals surface area contributed by atoms with Crippen LogP contribution in [-0.4, -0.2) is 10.7 Å². The van der Waals surface area contributed by atoms with Gasteiger partial charge in [0.2, 0.25) is 6.23 Å². The van der Waals surface area contributed by atoms with Crippen molar-refractivity contribution in [2.24, 2.45) is 5.10 Å². The summed E-state index contributed by atoms with van der Waals surface area (Å²) in [5.41, 5.74) is 6.83. The highest BCUT2D eigenvalue weighted by Gasteiger charge is 2.41. The molecule has 2 aliphatic heterocycles. The minimum atomic E-state index is -0.306. The van der Waals surface area contributed by atoms with Gasteiger partial charge in [-0.3, -0.25) is 0 Å². The molecule has 0 N–H and O–H groups in total. The Labute approximate surface area is 214 Å². The lowest BCUT2D eigenvalue weighted by Crippen LogP contribution is -2.33. The highest BCUT2D eigenvalue weighted by atomic mass is 79.9. The van der Waals surface area contributed by atoms with Gasteiger partial charge in [-0.25, -0.2) is 5.01 Å². The zero-order chi connectivity index (χ0) is 23.8. The third kappa shape index (κ3) is 4.44. The Morgan fingerprint density at radius 3 is 2.49 bits per heavy atom. The molecule has 0 aromatic heterocycles. The second kappa shape index (κ2) is 9.23. The molecule has 2 atom stereocenters. The normalized spacial score (nSPS) is 18.3. The number of hydrogen-bond donors (Lipinski definition) is 0. The van der Waals surface area contributed by atoms with Gasteiger partial charge in [0, 0.05) is 22.0 Å². The standard InChI is InChI=1S/C30H25BrN2O2/c1-20-7-9-22(10-8-20)27-18-28-26-17-24(31)13-16-29(26)35-30(33(28)32-27)23-11-14-25(15-12-23)34-19-21-5-3-2-4-6-21/h2-17,28,30H,18-19H2,1H3/t28-,30+/m1/s1. The molecule has 5 heteroatoms. The van der Waals surface area contributed by atoms with Crippen LogP contribution in [0.4, 0.5) is 0 Å². The quantitative estimate of drug-likeness (QED) is 0.269. The lowest BCUT2D eigenvalue weighted by atomic mass is 9.95. The van der Waals surface area contributed by atoms with Crippen molar-refractivity contribution in [2.45, 2.75) is 32.2 Å². The van der Waals surface area contributed by atoms with E-state index < -0.39 is 0 Å². The van der Waals surface area contributed by atoms with Crippen LogP contribution in [0.5, 0.6) is 11.5 Å². The summed E-state index contributed by atoms with van der Waals surface area (Å²) in [7, 11) is 0. The van der Waals surface area contributed by atoms with Gasteiger partial charge in [-0.05, 0) is 60.5 Å². The Balaban J connectivity index is 1.29. The van der Waals surface area contributed by atoms with E-state index in [0.717, 1.165) is 50.4 Å². The predicted octanol–water partition coefficient (Wildman–Crippen LogP) is 7.58. The molecule has 4 aromatic carbocycles. The Morgan fingerprint density at radius 1 is 0.943 bits per heavy atom. The molecule has 0 fully saturated rings. The maximum absolute atomic E-state index is 6.52. The van der Waals surface area contributed by atoms with Crippen molar-refractivity contribution in [1.29, 1.82) is 0 Å². The topological polar surface area (TPSA) is 34.1 Å². The van der Waals surface area contributed by atoms with E-state index in [0.29, 0.717) is 6.61 Å². The number of ether oxygens (including phenoxy) is 2. The lowest BCUT2D eigenvalue weighted by molar-refractivity contribution is -0.0191. The van der Waals surface area contributed by atoms with Crippen LogP contribution >= 0.6 is 15.9 Å². The van der Waals surface area contributed by atoms with E-state index in [2.05, 4.69) is 82.5 Å². The zero-order valence-electron chi connectivity index (χ0n) is 19.4. The number of rotatable bonds is 5. The molecule has 2 aliphatic rings. The number of halogens is 1. The third-order valence-corrected chi connectivity index (χ3v) is 7.04. The van der Waals surface area contributed by atoms with Crippen molar-refractivity contribution >= 4 is 21.6 Å². The average molecular weight is 525 g/mol. The van der Waals surface area contributed by atoms with Gasteiger partial charge in [0.15, 0.2) is 0 Å². The van der Waals surface area contributed by atoms with Crippen LogP contribution in [0.1, 0.15) is 46.5 Å². The van der Waals surface area contributed by atoms with E-state index in [1.54, 1.807) is 0 Å². The van der Waals surface area contributed by atoms with Gasteiger partial charge in [-0.1, -0.05) is 76.1 Å². The molecule has 4 nitrogen and oxygen atoms in total. The summed E-state index contributed by atoms with van der Waals surface area (Å²) in [6.07, 6.45) is 0.532. The van der Waals surface area contributed by atoms with E-state index in [9.17, 15) is 0 Å². The van der Waals surface area contributed by atoms with E-state index in [4.69, 9.17) is 14.6 Å². The summed E-state index contributed by atoms with van der Waals surface area (Å²) >= 11 is 3.63. The van der Waals surface area contributed by atoms with Gasteiger partial charge < -0.3 is 9.47 Å². The van der Waals surface area contributed by atoms with Crippen LogP contribution in [0.15, 0.2) is 107 Å². The molecular formula is C30H25BrN2O2. The Morgan fingerprint density at radius 2 is 1.71 bits per heavy atom. The predicted molar refractivity (Wildman–Crippen MR) is 142 cm³/mol. The van der Waals surface area contributed by atoms with Crippen LogP contribution in [-0.2, 0) is 6.61 Å². The van der Waals surface area contributed by atoms with Gasteiger partial charge in [0.25, 0.3) is 0 Å². The molecule has 0 saturated carbocycles. The number of hydrazone groups is 1. The first kappa shape index (κ1) is 21.9. The second-order valence-corrected chi connectivity index (χ2v) is 9.92. The first-order valence-electron chi connectivity index (χ1n) is 11.8. The third-order valence-electron chi connectivity index (χ3n) is 6.55.